The van der Waals surface area contributed by atoms with Crippen LogP contribution in [-0.4, -0.2) is 41.1 Å². The molecule has 3 atom stereocenters. The van der Waals surface area contributed by atoms with Crippen LogP contribution in [0.4, 0.5) is 13.6 Å². The first-order valence-electron chi connectivity index (χ1n) is 6.75. The van der Waals surface area contributed by atoms with Crippen molar-refractivity contribution in [3.8, 4) is 0 Å². The van der Waals surface area contributed by atoms with Crippen LogP contribution in [0.25, 0.3) is 0 Å². The van der Waals surface area contributed by atoms with Gasteiger partial charge in [0.1, 0.15) is 5.60 Å². The molecule has 1 saturated carbocycles. The summed E-state index contributed by atoms with van der Waals surface area (Å²) >= 11 is 0. The Morgan fingerprint density at radius 2 is 2.11 bits per heavy atom. The Morgan fingerprint density at radius 3 is 2.63 bits per heavy atom. The van der Waals surface area contributed by atoms with Crippen LogP contribution in [0.1, 0.15) is 40.0 Å². The van der Waals surface area contributed by atoms with Gasteiger partial charge in [-0.1, -0.05) is 0 Å². The summed E-state index contributed by atoms with van der Waals surface area (Å²) in [6.45, 7) is 5.58. The molecule has 6 heteroatoms. The summed E-state index contributed by atoms with van der Waals surface area (Å²) in [6.07, 6.45) is 0.132. The molecule has 19 heavy (non-hydrogen) atoms. The van der Waals surface area contributed by atoms with Gasteiger partial charge < -0.3 is 10.5 Å². The number of carbonyl (C=O) groups is 1. The number of hydrogen-bond acceptors (Lipinski definition) is 3. The van der Waals surface area contributed by atoms with Crippen molar-refractivity contribution >= 4 is 6.09 Å². The van der Waals surface area contributed by atoms with Crippen LogP contribution in [0.15, 0.2) is 0 Å². The molecule has 1 heterocycles. The van der Waals surface area contributed by atoms with Gasteiger partial charge in [0, 0.05) is 12.5 Å². The summed E-state index contributed by atoms with van der Waals surface area (Å²) < 4.78 is 32.9. The number of piperidine rings is 1. The van der Waals surface area contributed by atoms with Crippen LogP contribution in [0.5, 0.6) is 0 Å². The number of likely N-dealkylation sites (tertiary alicyclic amines) is 1. The molecule has 2 fully saturated rings. The standard InChI is InChI=1S/C13H22F2N2O2/c1-12(2,3)19-11(18)17-9(4-5-16)8-6-10(17)13(14,15)7-8/h8-10H,4-7,16H2,1-3H3/t8-,9+,10?/m0/s1. The second-order valence-electron chi connectivity index (χ2n) is 6.51. The van der Waals surface area contributed by atoms with Crippen LogP contribution in [0, 0.1) is 5.92 Å². The molecule has 1 amide bonds. The second kappa shape index (κ2) is 4.58. The Bertz CT molecular complexity index is 368. The van der Waals surface area contributed by atoms with Gasteiger partial charge in [-0.3, -0.25) is 4.90 Å². The number of nitrogens with zero attached hydrogens (tertiary/aromatic N) is 1. The molecule has 2 rings (SSSR count). The molecule has 1 unspecified atom stereocenters. The SMILES string of the molecule is CC(C)(C)OC(=O)N1C2C[C@@H](CC2(F)F)[C@H]1CCN. The highest BCUT2D eigenvalue weighted by Crippen LogP contribution is 2.52. The van der Waals surface area contributed by atoms with Crippen molar-refractivity contribution in [3.63, 3.8) is 0 Å². The van der Waals surface area contributed by atoms with Crippen molar-refractivity contribution in [1.82, 2.24) is 4.90 Å². The molecule has 110 valence electrons. The lowest BCUT2D eigenvalue weighted by Crippen LogP contribution is -2.54. The summed E-state index contributed by atoms with van der Waals surface area (Å²) in [5.74, 6) is -2.96. The number of nitrogens with two attached hydrogens (primary N) is 1. The average Bonchev–Trinajstić information content (AvgIpc) is 2.68. The topological polar surface area (TPSA) is 55.6 Å². The van der Waals surface area contributed by atoms with E-state index in [1.165, 1.54) is 4.90 Å². The highest BCUT2D eigenvalue weighted by molar-refractivity contribution is 5.70. The van der Waals surface area contributed by atoms with Gasteiger partial charge in [-0.25, -0.2) is 13.6 Å². The van der Waals surface area contributed by atoms with E-state index in [4.69, 9.17) is 10.5 Å². The number of halogens is 2. The van der Waals surface area contributed by atoms with E-state index in [2.05, 4.69) is 0 Å². The molecule has 1 aliphatic carbocycles. The van der Waals surface area contributed by atoms with Gasteiger partial charge in [-0.05, 0) is 46.1 Å². The van der Waals surface area contributed by atoms with E-state index >= 15 is 0 Å². The Labute approximate surface area is 112 Å². The molecular formula is C13H22F2N2O2. The highest BCUT2D eigenvalue weighted by atomic mass is 19.3. The number of carbonyl (C=O) groups excluding carboxylic acids is 1. The zero-order valence-corrected chi connectivity index (χ0v) is 11.7. The molecule has 0 aromatic rings. The number of rotatable bonds is 2. The largest absolute Gasteiger partial charge is 0.444 e. The molecule has 1 saturated heterocycles. The van der Waals surface area contributed by atoms with Crippen molar-refractivity contribution in [3.05, 3.63) is 0 Å². The maximum atomic E-state index is 13.8. The van der Waals surface area contributed by atoms with Gasteiger partial charge in [0.15, 0.2) is 0 Å². The predicted molar refractivity (Wildman–Crippen MR) is 67.0 cm³/mol. The maximum absolute atomic E-state index is 13.8. The summed E-state index contributed by atoms with van der Waals surface area (Å²) in [5, 5.41) is 0. The zero-order chi connectivity index (χ0) is 14.4. The molecule has 2 bridgehead atoms. The van der Waals surface area contributed by atoms with E-state index < -0.39 is 23.7 Å². The molecule has 1 aliphatic heterocycles. The van der Waals surface area contributed by atoms with Crippen LogP contribution in [0.3, 0.4) is 0 Å². The number of hydrogen-bond donors (Lipinski definition) is 1. The Hall–Kier alpha value is -0.910. The van der Waals surface area contributed by atoms with E-state index in [0.717, 1.165) is 0 Å². The van der Waals surface area contributed by atoms with Crippen LogP contribution in [0.2, 0.25) is 0 Å². The third-order valence-corrected chi connectivity index (χ3v) is 3.85. The lowest BCUT2D eigenvalue weighted by atomic mass is 9.95. The maximum Gasteiger partial charge on any atom is 0.411 e. The van der Waals surface area contributed by atoms with Crippen molar-refractivity contribution in [2.24, 2.45) is 11.7 Å². The number of alkyl halides is 2. The summed E-state index contributed by atoms with van der Waals surface area (Å²) in [5.41, 5.74) is 4.85. The Balaban J connectivity index is 2.17. The fraction of sp³-hybridized carbons (Fsp3) is 0.923. The molecule has 0 aromatic carbocycles. The lowest BCUT2D eigenvalue weighted by Gasteiger charge is -2.39. The minimum atomic E-state index is -2.80. The van der Waals surface area contributed by atoms with E-state index in [-0.39, 0.29) is 18.4 Å². The van der Waals surface area contributed by atoms with Crippen LogP contribution < -0.4 is 5.73 Å². The van der Waals surface area contributed by atoms with Crippen molar-refractivity contribution in [1.29, 1.82) is 0 Å². The molecule has 0 spiro atoms. The molecule has 2 aliphatic rings. The van der Waals surface area contributed by atoms with Gasteiger partial charge in [0.2, 0.25) is 0 Å². The minimum Gasteiger partial charge on any atom is -0.444 e. The van der Waals surface area contributed by atoms with Crippen LogP contribution in [-0.2, 0) is 4.74 Å². The first-order chi connectivity index (χ1) is 8.65. The molecule has 0 aromatic heterocycles. The van der Waals surface area contributed by atoms with Crippen molar-refractivity contribution in [2.75, 3.05) is 6.54 Å². The molecule has 4 nitrogen and oxygen atoms in total. The average molecular weight is 276 g/mol. The third kappa shape index (κ3) is 2.68. The van der Waals surface area contributed by atoms with Gasteiger partial charge in [-0.2, -0.15) is 0 Å². The van der Waals surface area contributed by atoms with Gasteiger partial charge in [0.05, 0.1) is 6.04 Å². The number of fused-ring (bicyclic) bond motifs is 2. The first kappa shape index (κ1) is 14.5. The molecule has 0 radical (unpaired) electrons. The monoisotopic (exact) mass is 276 g/mol. The fourth-order valence-corrected chi connectivity index (χ4v) is 3.22. The van der Waals surface area contributed by atoms with E-state index in [0.29, 0.717) is 19.4 Å². The van der Waals surface area contributed by atoms with Crippen molar-refractivity contribution < 1.29 is 18.3 Å². The Kier molecular flexibility index (Phi) is 3.49. The minimum absolute atomic E-state index is 0.137. The summed E-state index contributed by atoms with van der Waals surface area (Å²) in [6, 6.07) is -1.23. The normalized spacial score (nSPS) is 32.7. The molecular weight excluding hydrogens is 254 g/mol. The molecule has 2 N–H and O–H groups in total. The van der Waals surface area contributed by atoms with Crippen molar-refractivity contribution in [2.45, 2.75) is 63.6 Å². The quantitative estimate of drug-likeness (QED) is 0.842. The zero-order valence-electron chi connectivity index (χ0n) is 11.7. The number of ether oxygens (including phenoxy) is 1. The van der Waals surface area contributed by atoms with Gasteiger partial charge in [0.25, 0.3) is 5.92 Å². The highest BCUT2D eigenvalue weighted by Gasteiger charge is 2.62. The number of amides is 1. The Morgan fingerprint density at radius 1 is 1.47 bits per heavy atom. The van der Waals surface area contributed by atoms with Gasteiger partial charge >= 0.3 is 6.09 Å². The van der Waals surface area contributed by atoms with E-state index in [1.54, 1.807) is 20.8 Å². The first-order valence-corrected chi connectivity index (χ1v) is 6.75. The lowest BCUT2D eigenvalue weighted by molar-refractivity contribution is -0.0954. The second-order valence-corrected chi connectivity index (χ2v) is 6.51. The van der Waals surface area contributed by atoms with Crippen LogP contribution >= 0.6 is 0 Å². The summed E-state index contributed by atoms with van der Waals surface area (Å²) in [4.78, 5) is 13.4. The van der Waals surface area contributed by atoms with E-state index in [9.17, 15) is 13.6 Å². The van der Waals surface area contributed by atoms with E-state index in [1.807, 2.05) is 0 Å². The predicted octanol–water partition coefficient (Wildman–Crippen LogP) is 2.37. The fourth-order valence-electron chi connectivity index (χ4n) is 3.22. The summed E-state index contributed by atoms with van der Waals surface area (Å²) in [7, 11) is 0. The third-order valence-electron chi connectivity index (χ3n) is 3.85. The smallest absolute Gasteiger partial charge is 0.411 e. The van der Waals surface area contributed by atoms with Gasteiger partial charge in [-0.15, -0.1) is 0 Å².